The van der Waals surface area contributed by atoms with Crippen LogP contribution in [0.2, 0.25) is 0 Å². The largest absolute Gasteiger partial charge is 0.396 e. The third-order valence-electron chi connectivity index (χ3n) is 4.14. The number of anilines is 2. The Balaban J connectivity index is 1.61. The van der Waals surface area contributed by atoms with E-state index >= 15 is 0 Å². The van der Waals surface area contributed by atoms with Gasteiger partial charge in [-0.05, 0) is 24.3 Å². The molecule has 3 N–H and O–H groups in total. The van der Waals surface area contributed by atoms with Crippen LogP contribution in [0, 0.1) is 5.82 Å². The van der Waals surface area contributed by atoms with Crippen LogP contribution < -0.4 is 11.1 Å². The minimum absolute atomic E-state index is 0.268. The first-order valence-electron chi connectivity index (χ1n) is 8.13. The predicted molar refractivity (Wildman–Crippen MR) is 99.9 cm³/mol. The number of halogens is 1. The fourth-order valence-electron chi connectivity index (χ4n) is 2.78. The predicted octanol–water partition coefficient (Wildman–Crippen LogP) is 3.36. The molecule has 0 saturated carbocycles. The van der Waals surface area contributed by atoms with Gasteiger partial charge < -0.3 is 11.1 Å². The van der Waals surface area contributed by atoms with Gasteiger partial charge in [0.2, 0.25) is 0 Å². The Morgan fingerprint density at radius 1 is 1.23 bits per heavy atom. The van der Waals surface area contributed by atoms with Crippen LogP contribution in [0.3, 0.4) is 0 Å². The van der Waals surface area contributed by atoms with E-state index in [0.29, 0.717) is 22.6 Å². The molecule has 1 aromatic carbocycles. The van der Waals surface area contributed by atoms with E-state index < -0.39 is 0 Å². The van der Waals surface area contributed by atoms with Gasteiger partial charge in [0.1, 0.15) is 11.6 Å². The van der Waals surface area contributed by atoms with Crippen molar-refractivity contribution in [2.45, 2.75) is 6.54 Å². The van der Waals surface area contributed by atoms with Crippen LogP contribution in [0.5, 0.6) is 0 Å². The van der Waals surface area contributed by atoms with Gasteiger partial charge in [-0.1, -0.05) is 6.07 Å². The summed E-state index contributed by atoms with van der Waals surface area (Å²) in [7, 11) is 1.84. The topological polar surface area (TPSA) is 81.6 Å². The van der Waals surface area contributed by atoms with Gasteiger partial charge in [-0.2, -0.15) is 5.10 Å². The molecule has 0 amide bonds. The Bertz CT molecular complexity index is 1090. The highest BCUT2D eigenvalue weighted by molar-refractivity contribution is 5.79. The molecule has 0 unspecified atom stereocenters. The maximum atomic E-state index is 14.3. The number of pyridine rings is 2. The van der Waals surface area contributed by atoms with E-state index in [1.54, 1.807) is 29.2 Å². The molecular weight excluding hydrogens is 331 g/mol. The quantitative estimate of drug-likeness (QED) is 0.591. The third-order valence-corrected chi connectivity index (χ3v) is 4.14. The summed E-state index contributed by atoms with van der Waals surface area (Å²) in [6.07, 6.45) is 5.25. The maximum absolute atomic E-state index is 14.3. The van der Waals surface area contributed by atoms with E-state index in [0.717, 1.165) is 16.6 Å². The second-order valence-electron chi connectivity index (χ2n) is 6.03. The lowest BCUT2D eigenvalue weighted by atomic mass is 10.1. The minimum Gasteiger partial charge on any atom is -0.396 e. The van der Waals surface area contributed by atoms with E-state index in [2.05, 4.69) is 20.4 Å². The van der Waals surface area contributed by atoms with Crippen LogP contribution in [0.4, 0.5) is 15.9 Å². The highest BCUT2D eigenvalue weighted by Gasteiger charge is 2.09. The van der Waals surface area contributed by atoms with Crippen LogP contribution in [0.1, 0.15) is 5.56 Å². The first-order valence-corrected chi connectivity index (χ1v) is 8.13. The molecule has 0 fully saturated rings. The van der Waals surface area contributed by atoms with E-state index in [1.807, 2.05) is 31.4 Å². The van der Waals surface area contributed by atoms with E-state index in [-0.39, 0.29) is 12.4 Å². The van der Waals surface area contributed by atoms with E-state index in [1.165, 1.54) is 6.07 Å². The number of aryl methyl sites for hydroxylation is 1. The Hall–Kier alpha value is -3.48. The Morgan fingerprint density at radius 2 is 2.12 bits per heavy atom. The van der Waals surface area contributed by atoms with E-state index in [4.69, 9.17) is 5.73 Å². The van der Waals surface area contributed by atoms with Gasteiger partial charge in [0.05, 0.1) is 23.1 Å². The zero-order valence-electron chi connectivity index (χ0n) is 14.1. The van der Waals surface area contributed by atoms with Crippen molar-refractivity contribution in [3.05, 3.63) is 66.4 Å². The fourth-order valence-corrected chi connectivity index (χ4v) is 2.78. The summed E-state index contributed by atoms with van der Waals surface area (Å²) in [5.41, 5.74) is 9.31. The molecule has 6 nitrogen and oxygen atoms in total. The Kier molecular flexibility index (Phi) is 3.96. The molecule has 3 heterocycles. The molecule has 4 rings (SSSR count). The molecule has 0 aliphatic carbocycles. The first kappa shape index (κ1) is 16.0. The molecule has 7 heteroatoms. The smallest absolute Gasteiger partial charge is 0.150 e. The summed E-state index contributed by atoms with van der Waals surface area (Å²) in [4.78, 5) is 8.70. The summed E-state index contributed by atoms with van der Waals surface area (Å²) in [6, 6.07) is 10.6. The van der Waals surface area contributed by atoms with Crippen LogP contribution in [0.15, 0.2) is 55.0 Å². The van der Waals surface area contributed by atoms with E-state index in [9.17, 15) is 4.39 Å². The van der Waals surface area contributed by atoms with Crippen LogP contribution >= 0.6 is 0 Å². The normalized spacial score (nSPS) is 11.0. The van der Waals surface area contributed by atoms with Crippen molar-refractivity contribution in [2.75, 3.05) is 11.1 Å². The average Bonchev–Trinajstić information content (AvgIpc) is 3.07. The van der Waals surface area contributed by atoms with Gasteiger partial charge in [-0.3, -0.25) is 9.67 Å². The number of hydrogen-bond donors (Lipinski definition) is 2. The number of nitrogens with zero attached hydrogens (tertiary/aromatic N) is 4. The van der Waals surface area contributed by atoms with Crippen molar-refractivity contribution in [2.24, 2.45) is 7.05 Å². The molecular formula is C19H17FN6. The van der Waals surface area contributed by atoms with Crippen LogP contribution in [-0.4, -0.2) is 19.7 Å². The van der Waals surface area contributed by atoms with Crippen molar-refractivity contribution in [1.82, 2.24) is 19.7 Å². The number of hydrogen-bond acceptors (Lipinski definition) is 5. The van der Waals surface area contributed by atoms with Gasteiger partial charge in [0, 0.05) is 48.6 Å². The Morgan fingerprint density at radius 3 is 2.92 bits per heavy atom. The van der Waals surface area contributed by atoms with Crippen LogP contribution in [0.25, 0.3) is 22.2 Å². The van der Waals surface area contributed by atoms with Gasteiger partial charge >= 0.3 is 0 Å². The molecule has 0 spiro atoms. The van der Waals surface area contributed by atoms with Gasteiger partial charge in [-0.25, -0.2) is 9.37 Å². The summed E-state index contributed by atoms with van der Waals surface area (Å²) >= 11 is 0. The lowest BCUT2D eigenvalue weighted by Crippen LogP contribution is -2.06. The SMILES string of the molecule is Cn1cc(-c2ccc(N)c(NCc3cc4cccnc4cc3F)n2)cn1. The monoisotopic (exact) mass is 348 g/mol. The summed E-state index contributed by atoms with van der Waals surface area (Å²) in [5.74, 6) is 0.197. The molecule has 130 valence electrons. The number of nitrogens with one attached hydrogen (secondary N) is 1. The van der Waals surface area contributed by atoms with Crippen molar-refractivity contribution < 1.29 is 4.39 Å². The first-order chi connectivity index (χ1) is 12.6. The van der Waals surface area contributed by atoms with Crippen molar-refractivity contribution in [3.63, 3.8) is 0 Å². The zero-order valence-corrected chi connectivity index (χ0v) is 14.1. The van der Waals surface area contributed by atoms with Crippen molar-refractivity contribution in [3.8, 4) is 11.3 Å². The number of aromatic nitrogens is 4. The molecule has 3 aromatic heterocycles. The second kappa shape index (κ2) is 6.44. The molecule has 0 radical (unpaired) electrons. The van der Waals surface area contributed by atoms with Gasteiger partial charge in [0.15, 0.2) is 0 Å². The molecule has 0 atom stereocenters. The van der Waals surface area contributed by atoms with Crippen molar-refractivity contribution in [1.29, 1.82) is 0 Å². The molecule has 26 heavy (non-hydrogen) atoms. The zero-order chi connectivity index (χ0) is 18.1. The number of nitrogen functional groups attached to an aromatic ring is 1. The number of benzene rings is 1. The van der Waals surface area contributed by atoms with Gasteiger partial charge in [-0.15, -0.1) is 0 Å². The average molecular weight is 348 g/mol. The number of fused-ring (bicyclic) bond motifs is 1. The lowest BCUT2D eigenvalue weighted by molar-refractivity contribution is 0.614. The maximum Gasteiger partial charge on any atom is 0.150 e. The summed E-state index contributed by atoms with van der Waals surface area (Å²) < 4.78 is 16.0. The molecule has 4 aromatic rings. The summed E-state index contributed by atoms with van der Waals surface area (Å²) in [5, 5.41) is 8.16. The number of nitrogens with two attached hydrogens (primary N) is 1. The molecule has 0 saturated heterocycles. The number of rotatable bonds is 4. The molecule has 0 aliphatic rings. The van der Waals surface area contributed by atoms with Crippen LogP contribution in [-0.2, 0) is 13.6 Å². The highest BCUT2D eigenvalue weighted by Crippen LogP contribution is 2.24. The second-order valence-corrected chi connectivity index (χ2v) is 6.03. The Labute approximate surface area is 149 Å². The summed E-state index contributed by atoms with van der Waals surface area (Å²) in [6.45, 7) is 0.268. The van der Waals surface area contributed by atoms with Gasteiger partial charge in [0.25, 0.3) is 0 Å². The molecule has 0 bridgehead atoms. The molecule has 0 aliphatic heterocycles. The standard InChI is InChI=1S/C19H17FN6/c1-26-11-14(10-24-26)17-5-4-16(21)19(25-17)23-9-13-7-12-3-2-6-22-18(12)8-15(13)20/h2-8,10-11H,9,21H2,1H3,(H,23,25). The third kappa shape index (κ3) is 3.06. The fraction of sp³-hybridized carbons (Fsp3) is 0.105. The lowest BCUT2D eigenvalue weighted by Gasteiger charge is -2.11. The van der Waals surface area contributed by atoms with Crippen molar-refractivity contribution >= 4 is 22.4 Å². The minimum atomic E-state index is -0.314. The highest BCUT2D eigenvalue weighted by atomic mass is 19.1.